The molecular weight excluding hydrogens is 232 g/mol. The Hall–Kier alpha value is -1.14. The fraction of sp³-hybridized carbons (Fsp3) is 0.833. The van der Waals surface area contributed by atoms with Gasteiger partial charge in [0.1, 0.15) is 6.04 Å². The normalized spacial score (nSPS) is 26.0. The summed E-state index contributed by atoms with van der Waals surface area (Å²) >= 11 is 0. The molecule has 2 heterocycles. The SMILES string of the molecule is NC(=O)C1CNCCN1CC(=O)N1CCCCC1. The third kappa shape index (κ3) is 3.20. The van der Waals surface area contributed by atoms with Gasteiger partial charge >= 0.3 is 0 Å². The molecule has 0 saturated carbocycles. The van der Waals surface area contributed by atoms with Gasteiger partial charge in [-0.05, 0) is 19.3 Å². The Morgan fingerprint density at radius 3 is 2.56 bits per heavy atom. The Kier molecular flexibility index (Phi) is 4.54. The smallest absolute Gasteiger partial charge is 0.236 e. The number of carbonyl (C=O) groups is 2. The van der Waals surface area contributed by atoms with Gasteiger partial charge < -0.3 is 16.0 Å². The summed E-state index contributed by atoms with van der Waals surface area (Å²) in [6.07, 6.45) is 3.39. The fourth-order valence-corrected chi connectivity index (χ4v) is 2.63. The first-order valence-corrected chi connectivity index (χ1v) is 6.70. The van der Waals surface area contributed by atoms with Crippen LogP contribution in [0, 0.1) is 0 Å². The monoisotopic (exact) mass is 254 g/mol. The Balaban J connectivity index is 1.89. The molecule has 2 fully saturated rings. The van der Waals surface area contributed by atoms with Crippen LogP contribution in [0.2, 0.25) is 0 Å². The third-order valence-electron chi connectivity index (χ3n) is 3.73. The Labute approximate surface area is 107 Å². The second-order valence-electron chi connectivity index (χ2n) is 5.03. The molecule has 18 heavy (non-hydrogen) atoms. The van der Waals surface area contributed by atoms with E-state index < -0.39 is 0 Å². The maximum absolute atomic E-state index is 12.1. The lowest BCUT2D eigenvalue weighted by atomic mass is 10.1. The molecule has 2 aliphatic rings. The van der Waals surface area contributed by atoms with E-state index in [0.29, 0.717) is 19.6 Å². The molecule has 2 rings (SSSR count). The number of carbonyl (C=O) groups excluding carboxylic acids is 2. The number of rotatable bonds is 3. The number of nitrogens with zero attached hydrogens (tertiary/aromatic N) is 2. The van der Waals surface area contributed by atoms with Crippen LogP contribution in [0.25, 0.3) is 0 Å². The van der Waals surface area contributed by atoms with Crippen molar-refractivity contribution in [1.82, 2.24) is 15.1 Å². The minimum absolute atomic E-state index is 0.128. The van der Waals surface area contributed by atoms with Gasteiger partial charge in [-0.2, -0.15) is 0 Å². The topological polar surface area (TPSA) is 78.7 Å². The highest BCUT2D eigenvalue weighted by atomic mass is 16.2. The van der Waals surface area contributed by atoms with E-state index in [9.17, 15) is 9.59 Å². The molecule has 0 spiro atoms. The van der Waals surface area contributed by atoms with E-state index in [0.717, 1.165) is 32.5 Å². The summed E-state index contributed by atoms with van der Waals surface area (Å²) in [7, 11) is 0. The van der Waals surface area contributed by atoms with Gasteiger partial charge in [0.25, 0.3) is 0 Å². The average Bonchev–Trinajstić information content (AvgIpc) is 2.40. The average molecular weight is 254 g/mol. The highest BCUT2D eigenvalue weighted by Gasteiger charge is 2.29. The molecule has 0 aliphatic carbocycles. The highest BCUT2D eigenvalue weighted by molar-refractivity contribution is 5.82. The van der Waals surface area contributed by atoms with Crippen molar-refractivity contribution in [2.75, 3.05) is 39.3 Å². The van der Waals surface area contributed by atoms with Crippen LogP contribution in [0.15, 0.2) is 0 Å². The lowest BCUT2D eigenvalue weighted by Crippen LogP contribution is -2.59. The zero-order chi connectivity index (χ0) is 13.0. The van der Waals surface area contributed by atoms with Crippen LogP contribution in [0.1, 0.15) is 19.3 Å². The number of piperazine rings is 1. The molecule has 1 atom stereocenters. The molecule has 6 heteroatoms. The standard InChI is InChI=1S/C12H22N4O2/c13-12(18)10-8-14-4-7-16(10)9-11(17)15-5-2-1-3-6-15/h10,14H,1-9H2,(H2,13,18). The minimum Gasteiger partial charge on any atom is -0.368 e. The first-order chi connectivity index (χ1) is 8.68. The molecule has 0 bridgehead atoms. The highest BCUT2D eigenvalue weighted by Crippen LogP contribution is 2.10. The summed E-state index contributed by atoms with van der Waals surface area (Å²) < 4.78 is 0. The summed E-state index contributed by atoms with van der Waals surface area (Å²) in [6.45, 7) is 4.07. The van der Waals surface area contributed by atoms with Crippen LogP contribution in [-0.2, 0) is 9.59 Å². The van der Waals surface area contributed by atoms with Crippen molar-refractivity contribution < 1.29 is 9.59 Å². The Bertz CT molecular complexity index is 315. The van der Waals surface area contributed by atoms with E-state index in [-0.39, 0.29) is 17.9 Å². The molecule has 0 aromatic rings. The first kappa shape index (κ1) is 13.3. The van der Waals surface area contributed by atoms with Gasteiger partial charge in [-0.15, -0.1) is 0 Å². The van der Waals surface area contributed by atoms with Crippen LogP contribution < -0.4 is 11.1 Å². The molecule has 2 saturated heterocycles. The van der Waals surface area contributed by atoms with Crippen LogP contribution in [0.3, 0.4) is 0 Å². The second kappa shape index (κ2) is 6.15. The molecular formula is C12H22N4O2. The summed E-state index contributed by atoms with van der Waals surface area (Å²) in [5.41, 5.74) is 5.37. The van der Waals surface area contributed by atoms with E-state index in [2.05, 4.69) is 5.32 Å². The second-order valence-corrected chi connectivity index (χ2v) is 5.03. The largest absolute Gasteiger partial charge is 0.368 e. The van der Waals surface area contributed by atoms with Gasteiger partial charge in [0.15, 0.2) is 0 Å². The molecule has 0 radical (unpaired) electrons. The van der Waals surface area contributed by atoms with Crippen molar-refractivity contribution in [1.29, 1.82) is 0 Å². The lowest BCUT2D eigenvalue weighted by molar-refractivity contribution is -0.135. The predicted octanol–water partition coefficient (Wildman–Crippen LogP) is -1.24. The molecule has 6 nitrogen and oxygen atoms in total. The van der Waals surface area contributed by atoms with Crippen LogP contribution >= 0.6 is 0 Å². The molecule has 2 amide bonds. The summed E-state index contributed by atoms with van der Waals surface area (Å²) in [4.78, 5) is 27.3. The number of likely N-dealkylation sites (tertiary alicyclic amines) is 1. The molecule has 1 unspecified atom stereocenters. The third-order valence-corrected chi connectivity index (χ3v) is 3.73. The van der Waals surface area contributed by atoms with Crippen molar-refractivity contribution in [2.45, 2.75) is 25.3 Å². The van der Waals surface area contributed by atoms with Crippen molar-refractivity contribution in [3.63, 3.8) is 0 Å². The minimum atomic E-state index is -0.354. The number of primary amides is 1. The summed E-state index contributed by atoms with van der Waals surface area (Å²) in [5, 5.41) is 3.13. The number of nitrogens with one attached hydrogen (secondary N) is 1. The molecule has 0 aromatic heterocycles. The van der Waals surface area contributed by atoms with Gasteiger partial charge in [-0.1, -0.05) is 0 Å². The van der Waals surface area contributed by atoms with Gasteiger partial charge in [0.2, 0.25) is 11.8 Å². The Morgan fingerprint density at radius 1 is 1.17 bits per heavy atom. The molecule has 3 N–H and O–H groups in total. The number of amides is 2. The maximum atomic E-state index is 12.1. The van der Waals surface area contributed by atoms with E-state index in [1.165, 1.54) is 6.42 Å². The van der Waals surface area contributed by atoms with E-state index in [1.54, 1.807) is 0 Å². The molecule has 2 aliphatic heterocycles. The van der Waals surface area contributed by atoms with Gasteiger partial charge in [0, 0.05) is 32.7 Å². The van der Waals surface area contributed by atoms with Gasteiger partial charge in [0.05, 0.1) is 6.54 Å². The molecule has 102 valence electrons. The maximum Gasteiger partial charge on any atom is 0.236 e. The van der Waals surface area contributed by atoms with Crippen LogP contribution in [-0.4, -0.2) is 66.9 Å². The Morgan fingerprint density at radius 2 is 1.89 bits per heavy atom. The first-order valence-electron chi connectivity index (χ1n) is 6.70. The zero-order valence-electron chi connectivity index (χ0n) is 10.7. The van der Waals surface area contributed by atoms with Crippen LogP contribution in [0.5, 0.6) is 0 Å². The summed E-state index contributed by atoms with van der Waals surface area (Å²) in [5.74, 6) is -0.225. The van der Waals surface area contributed by atoms with Gasteiger partial charge in [-0.25, -0.2) is 0 Å². The number of nitrogens with two attached hydrogens (primary N) is 1. The molecule has 0 aromatic carbocycles. The van der Waals surface area contributed by atoms with E-state index >= 15 is 0 Å². The van der Waals surface area contributed by atoms with E-state index in [1.807, 2.05) is 9.80 Å². The van der Waals surface area contributed by atoms with Crippen molar-refractivity contribution in [2.24, 2.45) is 5.73 Å². The zero-order valence-corrected chi connectivity index (χ0v) is 10.7. The van der Waals surface area contributed by atoms with Crippen molar-refractivity contribution >= 4 is 11.8 Å². The van der Waals surface area contributed by atoms with Crippen molar-refractivity contribution in [3.05, 3.63) is 0 Å². The lowest BCUT2D eigenvalue weighted by Gasteiger charge is -2.35. The quantitative estimate of drug-likeness (QED) is 0.660. The van der Waals surface area contributed by atoms with Crippen LogP contribution in [0.4, 0.5) is 0 Å². The number of hydrogen-bond donors (Lipinski definition) is 2. The number of piperidine rings is 1. The fourth-order valence-electron chi connectivity index (χ4n) is 2.63. The van der Waals surface area contributed by atoms with Gasteiger partial charge in [-0.3, -0.25) is 14.5 Å². The number of hydrogen-bond acceptors (Lipinski definition) is 4. The summed E-state index contributed by atoms with van der Waals surface area (Å²) in [6, 6.07) is -0.354. The van der Waals surface area contributed by atoms with Crippen molar-refractivity contribution in [3.8, 4) is 0 Å². The predicted molar refractivity (Wildman–Crippen MR) is 67.9 cm³/mol. The van der Waals surface area contributed by atoms with E-state index in [4.69, 9.17) is 5.73 Å².